The fraction of sp³-hybridized carbons (Fsp3) is 0.556. The van der Waals surface area contributed by atoms with Crippen molar-refractivity contribution in [3.05, 3.63) is 46.7 Å². The van der Waals surface area contributed by atoms with Gasteiger partial charge in [-0.25, -0.2) is 4.98 Å². The molecule has 0 unspecified atom stereocenters. The zero-order valence-corrected chi connectivity index (χ0v) is 14.9. The molecule has 0 N–H and O–H groups in total. The van der Waals surface area contributed by atoms with Crippen molar-refractivity contribution < 1.29 is 4.74 Å². The second kappa shape index (κ2) is 7.27. The highest BCUT2D eigenvalue weighted by Gasteiger charge is 2.45. The molecule has 0 bridgehead atoms. The van der Waals surface area contributed by atoms with Crippen LogP contribution in [0.25, 0.3) is 0 Å². The van der Waals surface area contributed by atoms with Gasteiger partial charge in [-0.15, -0.1) is 11.3 Å². The first kappa shape index (κ1) is 16.1. The summed E-state index contributed by atoms with van der Waals surface area (Å²) in [5.41, 5.74) is 1.26. The van der Waals surface area contributed by atoms with Gasteiger partial charge in [0.25, 0.3) is 0 Å². The standard InChI is InChI=1S/C18H24N4OS/c1-21(11-14-4-2-6-19-10-14)16-12-22(13-17-20-7-9-24-17)15-5-3-8-23-18(15)16/h2,4,6-7,9-10,15-16,18H,3,5,8,11-13H2,1H3/t15-,16-,18+/m1/s1. The van der Waals surface area contributed by atoms with Crippen LogP contribution in [0.4, 0.5) is 0 Å². The largest absolute Gasteiger partial charge is 0.375 e. The third-order valence-electron chi connectivity index (χ3n) is 5.15. The Kier molecular flexibility index (Phi) is 4.89. The van der Waals surface area contributed by atoms with Crippen LogP contribution in [-0.4, -0.2) is 58.2 Å². The minimum Gasteiger partial charge on any atom is -0.375 e. The van der Waals surface area contributed by atoms with E-state index < -0.39 is 0 Å². The van der Waals surface area contributed by atoms with Gasteiger partial charge >= 0.3 is 0 Å². The minimum atomic E-state index is 0.306. The molecule has 2 fully saturated rings. The molecule has 0 aliphatic carbocycles. The summed E-state index contributed by atoms with van der Waals surface area (Å²) in [6, 6.07) is 5.09. The van der Waals surface area contributed by atoms with Crippen LogP contribution in [0.2, 0.25) is 0 Å². The average molecular weight is 344 g/mol. The van der Waals surface area contributed by atoms with E-state index in [1.807, 2.05) is 24.7 Å². The first-order chi connectivity index (χ1) is 11.8. The van der Waals surface area contributed by atoms with Gasteiger partial charge in [-0.05, 0) is 31.5 Å². The zero-order chi connectivity index (χ0) is 16.4. The number of ether oxygens (including phenoxy) is 1. The van der Waals surface area contributed by atoms with E-state index in [9.17, 15) is 0 Å². The van der Waals surface area contributed by atoms with Crippen molar-refractivity contribution in [3.63, 3.8) is 0 Å². The SMILES string of the molecule is CN(Cc1cccnc1)[C@@H]1CN(Cc2nccs2)[C@@H]2CCCO[C@H]12. The van der Waals surface area contributed by atoms with Crippen molar-refractivity contribution in [2.24, 2.45) is 0 Å². The Labute approximate surface area is 147 Å². The average Bonchev–Trinajstić information content (AvgIpc) is 3.25. The Morgan fingerprint density at radius 2 is 2.38 bits per heavy atom. The molecule has 2 aliphatic rings. The summed E-state index contributed by atoms with van der Waals surface area (Å²) in [6.07, 6.45) is 8.38. The number of pyridine rings is 1. The van der Waals surface area contributed by atoms with Crippen LogP contribution >= 0.6 is 11.3 Å². The van der Waals surface area contributed by atoms with Crippen LogP contribution in [0.3, 0.4) is 0 Å². The molecule has 2 saturated heterocycles. The first-order valence-electron chi connectivity index (χ1n) is 8.64. The maximum atomic E-state index is 6.21. The number of aromatic nitrogens is 2. The molecule has 4 rings (SSSR count). The fourth-order valence-electron chi connectivity index (χ4n) is 4.00. The van der Waals surface area contributed by atoms with E-state index in [4.69, 9.17) is 4.74 Å². The maximum absolute atomic E-state index is 6.21. The predicted octanol–water partition coefficient (Wildman–Crippen LogP) is 2.40. The Balaban J connectivity index is 1.48. The second-order valence-electron chi connectivity index (χ2n) is 6.74. The van der Waals surface area contributed by atoms with Gasteiger partial charge in [0.05, 0.1) is 18.7 Å². The number of fused-ring (bicyclic) bond motifs is 1. The zero-order valence-electron chi connectivity index (χ0n) is 14.0. The van der Waals surface area contributed by atoms with Crippen molar-refractivity contribution in [1.29, 1.82) is 0 Å². The van der Waals surface area contributed by atoms with E-state index in [2.05, 4.69) is 38.3 Å². The molecule has 2 aliphatic heterocycles. The molecule has 0 amide bonds. The number of thiazole rings is 1. The van der Waals surface area contributed by atoms with Gasteiger partial charge in [0.2, 0.25) is 0 Å². The van der Waals surface area contributed by atoms with Crippen molar-refractivity contribution in [2.75, 3.05) is 20.2 Å². The highest BCUT2D eigenvalue weighted by Crippen LogP contribution is 2.33. The molecular formula is C18H24N4OS. The number of nitrogens with zero attached hydrogens (tertiary/aromatic N) is 4. The van der Waals surface area contributed by atoms with Gasteiger partial charge < -0.3 is 4.74 Å². The molecule has 4 heterocycles. The van der Waals surface area contributed by atoms with Gasteiger partial charge in [0, 0.05) is 49.7 Å². The molecule has 0 aromatic carbocycles. The van der Waals surface area contributed by atoms with Gasteiger partial charge in [0.1, 0.15) is 5.01 Å². The lowest BCUT2D eigenvalue weighted by molar-refractivity contribution is -0.0385. The molecular weight excluding hydrogens is 320 g/mol. The minimum absolute atomic E-state index is 0.306. The number of likely N-dealkylation sites (tertiary alicyclic amines) is 1. The quantitative estimate of drug-likeness (QED) is 0.833. The predicted molar refractivity (Wildman–Crippen MR) is 94.8 cm³/mol. The lowest BCUT2D eigenvalue weighted by Crippen LogP contribution is -2.46. The van der Waals surface area contributed by atoms with Gasteiger partial charge in [-0.2, -0.15) is 0 Å². The summed E-state index contributed by atoms with van der Waals surface area (Å²) in [7, 11) is 2.21. The summed E-state index contributed by atoms with van der Waals surface area (Å²) >= 11 is 1.75. The van der Waals surface area contributed by atoms with Gasteiger partial charge in [-0.3, -0.25) is 14.8 Å². The summed E-state index contributed by atoms with van der Waals surface area (Å²) in [5, 5.41) is 3.27. The topological polar surface area (TPSA) is 41.5 Å². The number of hydrogen-bond donors (Lipinski definition) is 0. The van der Waals surface area contributed by atoms with Gasteiger partial charge in [-0.1, -0.05) is 6.07 Å². The van der Waals surface area contributed by atoms with E-state index in [-0.39, 0.29) is 0 Å². The van der Waals surface area contributed by atoms with Crippen LogP contribution in [-0.2, 0) is 17.8 Å². The Morgan fingerprint density at radius 3 is 3.17 bits per heavy atom. The summed E-state index contributed by atoms with van der Waals surface area (Å²) in [5.74, 6) is 0. The van der Waals surface area contributed by atoms with Crippen LogP contribution in [0.5, 0.6) is 0 Å². The molecule has 128 valence electrons. The number of rotatable bonds is 5. The molecule has 6 heteroatoms. The maximum Gasteiger partial charge on any atom is 0.107 e. The second-order valence-corrected chi connectivity index (χ2v) is 7.72. The third-order valence-corrected chi connectivity index (χ3v) is 5.91. The van der Waals surface area contributed by atoms with E-state index in [0.717, 1.165) is 32.7 Å². The van der Waals surface area contributed by atoms with E-state index in [1.54, 1.807) is 11.3 Å². The molecule has 0 spiro atoms. The lowest BCUT2D eigenvalue weighted by atomic mass is 10.00. The van der Waals surface area contributed by atoms with Crippen LogP contribution < -0.4 is 0 Å². The van der Waals surface area contributed by atoms with Crippen LogP contribution in [0, 0.1) is 0 Å². The van der Waals surface area contributed by atoms with Crippen molar-refractivity contribution >= 4 is 11.3 Å². The van der Waals surface area contributed by atoms with E-state index >= 15 is 0 Å². The Hall–Kier alpha value is -1.34. The highest BCUT2D eigenvalue weighted by atomic mass is 32.1. The van der Waals surface area contributed by atoms with Crippen LogP contribution in [0.15, 0.2) is 36.1 Å². The molecule has 5 nitrogen and oxygen atoms in total. The van der Waals surface area contributed by atoms with Crippen molar-refractivity contribution in [3.8, 4) is 0 Å². The smallest absolute Gasteiger partial charge is 0.107 e. The molecule has 2 aromatic heterocycles. The van der Waals surface area contributed by atoms with Gasteiger partial charge in [0.15, 0.2) is 0 Å². The third kappa shape index (κ3) is 3.37. The van der Waals surface area contributed by atoms with Crippen LogP contribution in [0.1, 0.15) is 23.4 Å². The van der Waals surface area contributed by atoms with E-state index in [0.29, 0.717) is 18.2 Å². The summed E-state index contributed by atoms with van der Waals surface area (Å²) in [4.78, 5) is 13.7. The van der Waals surface area contributed by atoms with E-state index in [1.165, 1.54) is 17.0 Å². The molecule has 0 saturated carbocycles. The molecule has 0 radical (unpaired) electrons. The first-order valence-corrected chi connectivity index (χ1v) is 9.52. The lowest BCUT2D eigenvalue weighted by Gasteiger charge is -2.34. The number of hydrogen-bond acceptors (Lipinski definition) is 6. The molecule has 24 heavy (non-hydrogen) atoms. The normalized spacial score (nSPS) is 27.5. The molecule has 3 atom stereocenters. The van der Waals surface area contributed by atoms with Crippen molar-refractivity contribution in [2.45, 2.75) is 44.1 Å². The van der Waals surface area contributed by atoms with Crippen molar-refractivity contribution in [1.82, 2.24) is 19.8 Å². The molecule has 2 aromatic rings. The Morgan fingerprint density at radius 1 is 1.42 bits per heavy atom. The monoisotopic (exact) mass is 344 g/mol. The summed E-state index contributed by atoms with van der Waals surface area (Å²) in [6.45, 7) is 3.80. The highest BCUT2D eigenvalue weighted by molar-refractivity contribution is 7.09. The Bertz CT molecular complexity index is 636. The summed E-state index contributed by atoms with van der Waals surface area (Å²) < 4.78 is 6.21. The number of likely N-dealkylation sites (N-methyl/N-ethyl adjacent to an activating group) is 1. The fourth-order valence-corrected chi connectivity index (χ4v) is 4.64.